The fraction of sp³-hybridized carbons (Fsp3) is 0.294. The van der Waals surface area contributed by atoms with Crippen molar-refractivity contribution in [1.82, 2.24) is 4.98 Å². The SMILES string of the molecule is CC(O)c1cccc2c1OC(F)(F)C(O)N2Cc1cccc(C#N)n1. The summed E-state index contributed by atoms with van der Waals surface area (Å²) in [7, 11) is 0. The van der Waals surface area contributed by atoms with Gasteiger partial charge in [0.05, 0.1) is 24.0 Å². The number of pyridine rings is 1. The third-order valence-electron chi connectivity index (χ3n) is 3.87. The lowest BCUT2D eigenvalue weighted by atomic mass is 10.1. The van der Waals surface area contributed by atoms with Crippen LogP contribution >= 0.6 is 0 Å². The number of alkyl halides is 2. The largest absolute Gasteiger partial charge is 0.444 e. The number of hydrogen-bond donors (Lipinski definition) is 2. The molecular formula is C17H15F2N3O3. The van der Waals surface area contributed by atoms with Crippen molar-refractivity contribution in [2.45, 2.75) is 31.9 Å². The fourth-order valence-corrected chi connectivity index (χ4v) is 2.69. The highest BCUT2D eigenvalue weighted by molar-refractivity contribution is 5.64. The van der Waals surface area contributed by atoms with Gasteiger partial charge in [-0.1, -0.05) is 18.2 Å². The summed E-state index contributed by atoms with van der Waals surface area (Å²) in [6, 6.07) is 11.1. The van der Waals surface area contributed by atoms with Gasteiger partial charge in [0.15, 0.2) is 5.75 Å². The van der Waals surface area contributed by atoms with Gasteiger partial charge in [0, 0.05) is 5.56 Å². The maximum absolute atomic E-state index is 14.2. The van der Waals surface area contributed by atoms with Gasteiger partial charge in [-0.15, -0.1) is 0 Å². The number of anilines is 1. The van der Waals surface area contributed by atoms with Gasteiger partial charge in [-0.05, 0) is 25.1 Å². The second-order valence-corrected chi connectivity index (χ2v) is 5.66. The molecule has 1 aromatic carbocycles. The first-order valence-electron chi connectivity index (χ1n) is 7.52. The van der Waals surface area contributed by atoms with Gasteiger partial charge >= 0.3 is 6.11 Å². The van der Waals surface area contributed by atoms with Crippen molar-refractivity contribution in [3.05, 3.63) is 53.3 Å². The predicted molar refractivity (Wildman–Crippen MR) is 83.8 cm³/mol. The monoisotopic (exact) mass is 347 g/mol. The molecule has 2 aromatic rings. The van der Waals surface area contributed by atoms with Gasteiger partial charge in [-0.25, -0.2) is 4.98 Å². The van der Waals surface area contributed by atoms with E-state index >= 15 is 0 Å². The molecule has 0 bridgehead atoms. The number of aliphatic hydroxyl groups excluding tert-OH is 2. The second-order valence-electron chi connectivity index (χ2n) is 5.66. The quantitative estimate of drug-likeness (QED) is 0.886. The molecule has 2 unspecified atom stereocenters. The topological polar surface area (TPSA) is 89.6 Å². The normalized spacial score (nSPS) is 19.5. The summed E-state index contributed by atoms with van der Waals surface area (Å²) >= 11 is 0. The summed E-state index contributed by atoms with van der Waals surface area (Å²) in [6.45, 7) is 1.27. The number of nitrogens with zero attached hydrogens (tertiary/aromatic N) is 3. The zero-order valence-corrected chi connectivity index (χ0v) is 13.2. The van der Waals surface area contributed by atoms with Crippen LogP contribution in [-0.4, -0.2) is 27.5 Å². The molecule has 2 N–H and O–H groups in total. The molecule has 0 saturated carbocycles. The summed E-state index contributed by atoms with van der Waals surface area (Å²) in [6.07, 6.45) is -7.13. The van der Waals surface area contributed by atoms with Gasteiger partial charge in [0.1, 0.15) is 11.8 Å². The number of hydrogen-bond acceptors (Lipinski definition) is 6. The van der Waals surface area contributed by atoms with Crippen molar-refractivity contribution in [3.63, 3.8) is 0 Å². The Balaban J connectivity index is 2.07. The van der Waals surface area contributed by atoms with Gasteiger partial charge in [0.25, 0.3) is 0 Å². The molecule has 2 heterocycles. The van der Waals surface area contributed by atoms with Crippen LogP contribution in [0.25, 0.3) is 0 Å². The molecular weight excluding hydrogens is 332 g/mol. The van der Waals surface area contributed by atoms with Gasteiger partial charge in [-0.3, -0.25) is 0 Å². The molecule has 0 aliphatic carbocycles. The first-order valence-corrected chi connectivity index (χ1v) is 7.52. The van der Waals surface area contributed by atoms with E-state index in [0.717, 1.165) is 4.90 Å². The van der Waals surface area contributed by atoms with Crippen LogP contribution < -0.4 is 9.64 Å². The molecule has 1 aliphatic heterocycles. The lowest BCUT2D eigenvalue weighted by Crippen LogP contribution is -2.54. The van der Waals surface area contributed by atoms with Crippen LogP contribution in [0.15, 0.2) is 36.4 Å². The van der Waals surface area contributed by atoms with Gasteiger partial charge in [-0.2, -0.15) is 14.0 Å². The summed E-state index contributed by atoms with van der Waals surface area (Å²) < 4.78 is 33.0. The number of nitriles is 1. The molecule has 0 spiro atoms. The third kappa shape index (κ3) is 3.12. The smallest absolute Gasteiger partial charge is 0.427 e. The number of ether oxygens (including phenoxy) is 1. The number of fused-ring (bicyclic) bond motifs is 1. The van der Waals surface area contributed by atoms with Crippen molar-refractivity contribution in [2.75, 3.05) is 4.90 Å². The Hall–Kier alpha value is -2.76. The average Bonchev–Trinajstić information content (AvgIpc) is 2.58. The zero-order valence-electron chi connectivity index (χ0n) is 13.2. The van der Waals surface area contributed by atoms with Crippen LogP contribution in [0.2, 0.25) is 0 Å². The molecule has 6 nitrogen and oxygen atoms in total. The molecule has 2 atom stereocenters. The minimum atomic E-state index is -3.87. The summed E-state index contributed by atoms with van der Waals surface area (Å²) in [5.74, 6) is -0.191. The van der Waals surface area contributed by atoms with Crippen LogP contribution in [0, 0.1) is 11.3 Å². The molecule has 0 amide bonds. The van der Waals surface area contributed by atoms with Crippen molar-refractivity contribution in [3.8, 4) is 11.8 Å². The Bertz CT molecular complexity index is 836. The second kappa shape index (κ2) is 6.27. The first-order chi connectivity index (χ1) is 11.8. The van der Waals surface area contributed by atoms with E-state index in [1.807, 2.05) is 6.07 Å². The van der Waals surface area contributed by atoms with E-state index in [9.17, 15) is 19.0 Å². The lowest BCUT2D eigenvalue weighted by Gasteiger charge is -2.40. The van der Waals surface area contributed by atoms with Crippen LogP contribution in [0.5, 0.6) is 5.75 Å². The van der Waals surface area contributed by atoms with Crippen molar-refractivity contribution < 1.29 is 23.7 Å². The van der Waals surface area contributed by atoms with E-state index in [0.29, 0.717) is 5.69 Å². The van der Waals surface area contributed by atoms with E-state index in [-0.39, 0.29) is 29.2 Å². The highest BCUT2D eigenvalue weighted by atomic mass is 19.3. The molecule has 3 rings (SSSR count). The minimum absolute atomic E-state index is 0.143. The average molecular weight is 347 g/mol. The van der Waals surface area contributed by atoms with Gasteiger partial charge < -0.3 is 19.8 Å². The van der Waals surface area contributed by atoms with E-state index in [2.05, 4.69) is 9.72 Å². The standard InChI is InChI=1S/C17H15F2N3O3/c1-10(23)13-6-3-7-14-15(13)25-17(18,19)16(24)22(14)9-12-5-2-4-11(8-20)21-12/h2-7,10,16,23-24H,9H2,1H3. The molecule has 0 saturated heterocycles. The highest BCUT2D eigenvalue weighted by Crippen LogP contribution is 2.45. The molecule has 1 aromatic heterocycles. The number of aliphatic hydroxyl groups is 2. The maximum Gasteiger partial charge on any atom is 0.444 e. The van der Waals surface area contributed by atoms with E-state index in [1.54, 1.807) is 18.2 Å². The Morgan fingerprint density at radius 2 is 2.08 bits per heavy atom. The van der Waals surface area contributed by atoms with Gasteiger partial charge in [0.2, 0.25) is 6.23 Å². The van der Waals surface area contributed by atoms with Crippen LogP contribution in [0.3, 0.4) is 0 Å². The molecule has 0 fully saturated rings. The van der Waals surface area contributed by atoms with Crippen molar-refractivity contribution in [2.24, 2.45) is 0 Å². The zero-order chi connectivity index (χ0) is 18.2. The number of halogens is 2. The molecule has 25 heavy (non-hydrogen) atoms. The maximum atomic E-state index is 14.2. The van der Waals surface area contributed by atoms with Crippen LogP contribution in [0.1, 0.15) is 30.0 Å². The summed E-state index contributed by atoms with van der Waals surface area (Å²) in [5, 5.41) is 28.8. The highest BCUT2D eigenvalue weighted by Gasteiger charge is 2.50. The summed E-state index contributed by atoms with van der Waals surface area (Å²) in [4.78, 5) is 5.08. The lowest BCUT2D eigenvalue weighted by molar-refractivity contribution is -0.246. The van der Waals surface area contributed by atoms with Crippen molar-refractivity contribution >= 4 is 5.69 Å². The molecule has 0 radical (unpaired) electrons. The fourth-order valence-electron chi connectivity index (χ4n) is 2.69. The van der Waals surface area contributed by atoms with Crippen LogP contribution in [-0.2, 0) is 6.54 Å². The minimum Gasteiger partial charge on any atom is -0.427 e. The Kier molecular flexibility index (Phi) is 4.29. The van der Waals surface area contributed by atoms with E-state index in [1.165, 1.54) is 25.1 Å². The third-order valence-corrected chi connectivity index (χ3v) is 3.87. The number of aromatic nitrogens is 1. The van der Waals surface area contributed by atoms with Crippen molar-refractivity contribution in [1.29, 1.82) is 5.26 Å². The van der Waals surface area contributed by atoms with E-state index in [4.69, 9.17) is 5.26 Å². The number of benzene rings is 1. The first kappa shape index (κ1) is 17.1. The van der Waals surface area contributed by atoms with Crippen LogP contribution in [0.4, 0.5) is 14.5 Å². The number of rotatable bonds is 3. The molecule has 1 aliphatic rings. The number of para-hydroxylation sites is 1. The molecule has 8 heteroatoms. The Morgan fingerprint density at radius 3 is 2.76 bits per heavy atom. The Labute approximate surface area is 142 Å². The predicted octanol–water partition coefficient (Wildman–Crippen LogP) is 2.32. The van der Waals surface area contributed by atoms with E-state index < -0.39 is 18.4 Å². The Morgan fingerprint density at radius 1 is 1.36 bits per heavy atom. The molecule has 130 valence electrons. The summed E-state index contributed by atoms with van der Waals surface area (Å²) in [5.41, 5.74) is 0.878.